The van der Waals surface area contributed by atoms with Crippen LogP contribution in [-0.4, -0.2) is 52.6 Å². The molecule has 0 spiro atoms. The third-order valence-electron chi connectivity index (χ3n) is 4.10. The molecule has 1 N–H and O–H groups in total. The zero-order valence-corrected chi connectivity index (χ0v) is 18.2. The second-order valence-corrected chi connectivity index (χ2v) is 8.52. The van der Waals surface area contributed by atoms with Gasteiger partial charge in [0.25, 0.3) is 0 Å². The molecular weight excluding hydrogens is 374 g/mol. The Balaban J connectivity index is 2.76. The van der Waals surface area contributed by atoms with Crippen LogP contribution >= 0.6 is 0 Å². The van der Waals surface area contributed by atoms with E-state index in [1.165, 1.54) is 11.9 Å². The van der Waals surface area contributed by atoms with Crippen LogP contribution in [0.25, 0.3) is 0 Å². The third kappa shape index (κ3) is 9.09. The van der Waals surface area contributed by atoms with Gasteiger partial charge in [-0.1, -0.05) is 44.2 Å². The van der Waals surface area contributed by atoms with Crippen molar-refractivity contribution in [3.8, 4) is 0 Å². The molecule has 29 heavy (non-hydrogen) atoms. The summed E-state index contributed by atoms with van der Waals surface area (Å²) in [6.07, 6.45) is -2.26. The molecule has 1 aromatic rings. The number of amides is 1. The van der Waals surface area contributed by atoms with Crippen LogP contribution in [0.4, 0.5) is 4.79 Å². The molecule has 0 saturated heterocycles. The fourth-order valence-corrected chi connectivity index (χ4v) is 2.68. The molecule has 0 bridgehead atoms. The lowest BCUT2D eigenvalue weighted by atomic mass is 9.96. The van der Waals surface area contributed by atoms with Crippen LogP contribution in [0.3, 0.4) is 0 Å². The van der Waals surface area contributed by atoms with Gasteiger partial charge in [-0.05, 0) is 38.7 Å². The Labute approximate surface area is 173 Å². The van der Waals surface area contributed by atoms with Gasteiger partial charge in [0.1, 0.15) is 12.2 Å². The lowest BCUT2D eigenvalue weighted by molar-refractivity contribution is -0.166. The summed E-state index contributed by atoms with van der Waals surface area (Å²) in [4.78, 5) is 38.4. The van der Waals surface area contributed by atoms with Gasteiger partial charge in [-0.25, -0.2) is 9.59 Å². The lowest BCUT2D eigenvalue weighted by Crippen LogP contribution is -2.45. The van der Waals surface area contributed by atoms with Crippen molar-refractivity contribution >= 4 is 17.8 Å². The SMILES string of the molecule is CC(C)C[C@@H](C(=O)CC(O)C(=O)OC(C)(C)C)N(C)C(=O)OCc1ccccc1. The number of esters is 1. The maximum absolute atomic E-state index is 12.8. The summed E-state index contributed by atoms with van der Waals surface area (Å²) in [7, 11) is 1.48. The van der Waals surface area contributed by atoms with Crippen LogP contribution < -0.4 is 0 Å². The number of aliphatic hydroxyl groups is 1. The molecule has 7 heteroatoms. The van der Waals surface area contributed by atoms with Gasteiger partial charge in [0, 0.05) is 13.5 Å². The monoisotopic (exact) mass is 407 g/mol. The predicted molar refractivity (Wildman–Crippen MR) is 109 cm³/mol. The van der Waals surface area contributed by atoms with Crippen LogP contribution in [0.15, 0.2) is 30.3 Å². The molecule has 1 rings (SSSR count). The Hall–Kier alpha value is -2.41. The molecule has 0 fully saturated rings. The first kappa shape index (κ1) is 24.6. The van der Waals surface area contributed by atoms with Crippen LogP contribution in [-0.2, 0) is 25.7 Å². The van der Waals surface area contributed by atoms with E-state index in [1.54, 1.807) is 20.8 Å². The van der Waals surface area contributed by atoms with E-state index in [2.05, 4.69) is 0 Å². The number of ether oxygens (including phenoxy) is 2. The lowest BCUT2D eigenvalue weighted by Gasteiger charge is -2.28. The summed E-state index contributed by atoms with van der Waals surface area (Å²) in [5.74, 6) is -1.16. The standard InChI is InChI=1S/C22H33NO6/c1-15(2)12-17(18(24)13-19(25)20(26)29-22(3,4)5)23(6)21(27)28-14-16-10-8-7-9-11-16/h7-11,15,17,19,25H,12-14H2,1-6H3/t17-,19?/m0/s1. The molecule has 0 saturated carbocycles. The summed E-state index contributed by atoms with van der Waals surface area (Å²) in [6, 6.07) is 8.41. The molecule has 0 radical (unpaired) electrons. The van der Waals surface area contributed by atoms with Gasteiger partial charge in [-0.3, -0.25) is 4.79 Å². The molecule has 1 aromatic carbocycles. The van der Waals surface area contributed by atoms with Crippen LogP contribution in [0.5, 0.6) is 0 Å². The Morgan fingerprint density at radius 1 is 1.10 bits per heavy atom. The second-order valence-electron chi connectivity index (χ2n) is 8.52. The van der Waals surface area contributed by atoms with E-state index >= 15 is 0 Å². The minimum Gasteiger partial charge on any atom is -0.458 e. The Morgan fingerprint density at radius 3 is 2.21 bits per heavy atom. The molecule has 0 aromatic heterocycles. The van der Waals surface area contributed by atoms with Crippen molar-refractivity contribution in [3.05, 3.63) is 35.9 Å². The molecule has 0 aliphatic heterocycles. The molecule has 162 valence electrons. The van der Waals surface area contributed by atoms with E-state index in [0.717, 1.165) is 5.56 Å². The van der Waals surface area contributed by atoms with Crippen molar-refractivity contribution < 1.29 is 29.0 Å². The van der Waals surface area contributed by atoms with Crippen molar-refractivity contribution in [2.24, 2.45) is 5.92 Å². The molecule has 1 unspecified atom stereocenters. The summed E-state index contributed by atoms with van der Waals surface area (Å²) in [5.41, 5.74) is 0.0672. The molecule has 7 nitrogen and oxygen atoms in total. The molecule has 2 atom stereocenters. The van der Waals surface area contributed by atoms with E-state index in [-0.39, 0.29) is 12.5 Å². The summed E-state index contributed by atoms with van der Waals surface area (Å²) in [5, 5.41) is 10.1. The molecule has 1 amide bonds. The summed E-state index contributed by atoms with van der Waals surface area (Å²) < 4.78 is 10.4. The van der Waals surface area contributed by atoms with E-state index < -0.39 is 42.0 Å². The van der Waals surface area contributed by atoms with Crippen molar-refractivity contribution in [1.82, 2.24) is 4.90 Å². The first-order valence-electron chi connectivity index (χ1n) is 9.78. The predicted octanol–water partition coefficient (Wildman–Crippen LogP) is 3.33. The Bertz CT molecular complexity index is 680. The van der Waals surface area contributed by atoms with Gasteiger partial charge >= 0.3 is 12.1 Å². The number of hydrogen-bond acceptors (Lipinski definition) is 6. The number of carbonyl (C=O) groups is 3. The summed E-state index contributed by atoms with van der Waals surface area (Å²) in [6.45, 7) is 8.97. The minimum atomic E-state index is -1.58. The number of aliphatic hydroxyl groups excluding tert-OH is 1. The Kier molecular flexibility index (Phi) is 9.30. The number of ketones is 1. The van der Waals surface area contributed by atoms with Gasteiger partial charge in [0.05, 0.1) is 6.04 Å². The fraction of sp³-hybridized carbons (Fsp3) is 0.591. The molecular formula is C22H33NO6. The number of Topliss-reactive ketones (excluding diaryl/α,β-unsaturated/α-hetero) is 1. The van der Waals surface area contributed by atoms with Crippen LogP contribution in [0, 0.1) is 5.92 Å². The maximum atomic E-state index is 12.8. The van der Waals surface area contributed by atoms with Crippen molar-refractivity contribution in [3.63, 3.8) is 0 Å². The number of carbonyl (C=O) groups excluding carboxylic acids is 3. The molecule has 0 heterocycles. The van der Waals surface area contributed by atoms with Gasteiger partial charge in [0.2, 0.25) is 0 Å². The van der Waals surface area contributed by atoms with Gasteiger partial charge in [0.15, 0.2) is 11.9 Å². The zero-order valence-electron chi connectivity index (χ0n) is 18.2. The van der Waals surface area contributed by atoms with Crippen molar-refractivity contribution in [1.29, 1.82) is 0 Å². The quantitative estimate of drug-likeness (QED) is 0.631. The molecule has 0 aliphatic rings. The van der Waals surface area contributed by atoms with E-state index in [4.69, 9.17) is 9.47 Å². The van der Waals surface area contributed by atoms with Crippen molar-refractivity contribution in [2.75, 3.05) is 7.05 Å². The van der Waals surface area contributed by atoms with Gasteiger partial charge in [-0.2, -0.15) is 0 Å². The number of nitrogens with zero attached hydrogens (tertiary/aromatic N) is 1. The highest BCUT2D eigenvalue weighted by Crippen LogP contribution is 2.17. The van der Waals surface area contributed by atoms with Crippen molar-refractivity contribution in [2.45, 2.75) is 71.8 Å². The smallest absolute Gasteiger partial charge is 0.410 e. The minimum absolute atomic E-state index is 0.0904. The van der Waals surface area contributed by atoms with E-state index in [1.807, 2.05) is 44.2 Å². The highest BCUT2D eigenvalue weighted by atomic mass is 16.6. The second kappa shape index (κ2) is 11.0. The fourth-order valence-electron chi connectivity index (χ4n) is 2.68. The first-order valence-corrected chi connectivity index (χ1v) is 9.78. The Morgan fingerprint density at radius 2 is 1.69 bits per heavy atom. The van der Waals surface area contributed by atoms with Crippen LogP contribution in [0.1, 0.15) is 53.0 Å². The van der Waals surface area contributed by atoms with E-state index in [0.29, 0.717) is 6.42 Å². The number of hydrogen-bond donors (Lipinski definition) is 1. The van der Waals surface area contributed by atoms with Crippen LogP contribution in [0.2, 0.25) is 0 Å². The highest BCUT2D eigenvalue weighted by molar-refractivity contribution is 5.91. The topological polar surface area (TPSA) is 93.1 Å². The molecule has 0 aliphatic carbocycles. The largest absolute Gasteiger partial charge is 0.458 e. The van der Waals surface area contributed by atoms with Gasteiger partial charge < -0.3 is 19.5 Å². The number of likely N-dealkylation sites (N-methyl/N-ethyl adjacent to an activating group) is 1. The first-order chi connectivity index (χ1) is 13.4. The normalized spacial score (nSPS) is 13.5. The number of benzene rings is 1. The van der Waals surface area contributed by atoms with E-state index in [9.17, 15) is 19.5 Å². The average molecular weight is 408 g/mol. The zero-order chi connectivity index (χ0) is 22.2. The number of rotatable bonds is 9. The maximum Gasteiger partial charge on any atom is 0.410 e. The summed E-state index contributed by atoms with van der Waals surface area (Å²) >= 11 is 0. The average Bonchev–Trinajstić information content (AvgIpc) is 2.62. The third-order valence-corrected chi connectivity index (χ3v) is 4.10. The highest BCUT2D eigenvalue weighted by Gasteiger charge is 2.33. The van der Waals surface area contributed by atoms with Gasteiger partial charge in [-0.15, -0.1) is 0 Å².